The molecule has 0 N–H and O–H groups in total. The molecule has 0 saturated heterocycles. The summed E-state index contributed by atoms with van der Waals surface area (Å²) in [6, 6.07) is 28.8. The van der Waals surface area contributed by atoms with Gasteiger partial charge in [-0.25, -0.2) is 4.98 Å². The highest BCUT2D eigenvalue weighted by molar-refractivity contribution is 5.76. The van der Waals surface area contributed by atoms with Crippen LogP contribution in [-0.4, -0.2) is 9.55 Å². The molecule has 25 heavy (non-hydrogen) atoms. The lowest BCUT2D eigenvalue weighted by Gasteiger charge is -2.18. The fourth-order valence-corrected chi connectivity index (χ4v) is 3.17. The van der Waals surface area contributed by atoms with Crippen molar-refractivity contribution < 1.29 is 4.74 Å². The van der Waals surface area contributed by atoms with Crippen molar-refractivity contribution in [3.63, 3.8) is 0 Å². The summed E-state index contributed by atoms with van der Waals surface area (Å²) in [5, 5.41) is 0. The maximum absolute atomic E-state index is 5.96. The van der Waals surface area contributed by atoms with Crippen LogP contribution in [-0.2, 0) is 6.61 Å². The molecule has 1 heterocycles. The SMILES string of the molecule is CC(c1ccccc1)n1c(COc2ccccc2)nc2ccccc21. The number of imidazole rings is 1. The summed E-state index contributed by atoms with van der Waals surface area (Å²) in [7, 11) is 0. The molecule has 0 radical (unpaired) electrons. The molecule has 0 aliphatic carbocycles. The summed E-state index contributed by atoms with van der Waals surface area (Å²) in [6.07, 6.45) is 0. The van der Waals surface area contributed by atoms with E-state index in [4.69, 9.17) is 9.72 Å². The average Bonchev–Trinajstić information content (AvgIpc) is 3.05. The third-order valence-corrected chi connectivity index (χ3v) is 4.45. The lowest BCUT2D eigenvalue weighted by Crippen LogP contribution is -2.12. The molecule has 4 rings (SSSR count). The van der Waals surface area contributed by atoms with Crippen molar-refractivity contribution in [2.45, 2.75) is 19.6 Å². The highest BCUT2D eigenvalue weighted by Crippen LogP contribution is 2.26. The fourth-order valence-electron chi connectivity index (χ4n) is 3.17. The third kappa shape index (κ3) is 3.13. The molecule has 4 aromatic rings. The fraction of sp³-hybridized carbons (Fsp3) is 0.136. The second kappa shape index (κ2) is 6.81. The Bertz CT molecular complexity index is 961. The second-order valence-corrected chi connectivity index (χ2v) is 6.08. The van der Waals surface area contributed by atoms with Crippen LogP contribution >= 0.6 is 0 Å². The van der Waals surface area contributed by atoms with Gasteiger partial charge in [-0.15, -0.1) is 0 Å². The van der Waals surface area contributed by atoms with Gasteiger partial charge < -0.3 is 9.30 Å². The maximum Gasteiger partial charge on any atom is 0.148 e. The van der Waals surface area contributed by atoms with Gasteiger partial charge in [-0.05, 0) is 36.8 Å². The molecule has 0 amide bonds. The van der Waals surface area contributed by atoms with Gasteiger partial charge in [0.05, 0.1) is 17.1 Å². The number of nitrogens with zero attached hydrogens (tertiary/aromatic N) is 2. The number of aromatic nitrogens is 2. The van der Waals surface area contributed by atoms with Crippen LogP contribution < -0.4 is 4.74 Å². The topological polar surface area (TPSA) is 27.1 Å². The van der Waals surface area contributed by atoms with Crippen LogP contribution in [0.4, 0.5) is 0 Å². The second-order valence-electron chi connectivity index (χ2n) is 6.08. The average molecular weight is 328 g/mol. The van der Waals surface area contributed by atoms with Crippen LogP contribution in [0.3, 0.4) is 0 Å². The highest BCUT2D eigenvalue weighted by atomic mass is 16.5. The van der Waals surface area contributed by atoms with Gasteiger partial charge in [-0.1, -0.05) is 60.7 Å². The predicted octanol–water partition coefficient (Wildman–Crippen LogP) is 5.22. The minimum absolute atomic E-state index is 0.183. The lowest BCUT2D eigenvalue weighted by molar-refractivity contribution is 0.288. The van der Waals surface area contributed by atoms with Crippen LogP contribution in [0.5, 0.6) is 5.75 Å². The van der Waals surface area contributed by atoms with Crippen molar-refractivity contribution >= 4 is 11.0 Å². The van der Waals surface area contributed by atoms with E-state index in [-0.39, 0.29) is 6.04 Å². The zero-order valence-corrected chi connectivity index (χ0v) is 14.2. The van der Waals surface area contributed by atoms with Gasteiger partial charge in [-0.3, -0.25) is 0 Å². The van der Waals surface area contributed by atoms with Gasteiger partial charge >= 0.3 is 0 Å². The number of hydrogen-bond donors (Lipinski definition) is 0. The zero-order chi connectivity index (χ0) is 17.1. The van der Waals surface area contributed by atoms with Crippen molar-refractivity contribution in [1.82, 2.24) is 9.55 Å². The van der Waals surface area contributed by atoms with E-state index < -0.39 is 0 Å². The molecule has 0 bridgehead atoms. The monoisotopic (exact) mass is 328 g/mol. The Balaban J connectivity index is 1.73. The normalized spacial score (nSPS) is 12.2. The zero-order valence-electron chi connectivity index (χ0n) is 14.2. The van der Waals surface area contributed by atoms with Gasteiger partial charge in [0.15, 0.2) is 0 Å². The first-order valence-electron chi connectivity index (χ1n) is 8.51. The number of ether oxygens (including phenoxy) is 1. The van der Waals surface area contributed by atoms with E-state index in [1.807, 2.05) is 42.5 Å². The minimum atomic E-state index is 0.183. The molecule has 0 spiro atoms. The van der Waals surface area contributed by atoms with Crippen molar-refractivity contribution in [1.29, 1.82) is 0 Å². The summed E-state index contributed by atoms with van der Waals surface area (Å²) in [5.74, 6) is 1.79. The lowest BCUT2D eigenvalue weighted by atomic mass is 10.1. The molecular formula is C22H20N2O. The Labute approximate surface area is 147 Å². The molecule has 3 heteroatoms. The first-order valence-corrected chi connectivity index (χ1v) is 8.51. The quantitative estimate of drug-likeness (QED) is 0.502. The van der Waals surface area contributed by atoms with E-state index in [9.17, 15) is 0 Å². The molecule has 1 atom stereocenters. The number of benzene rings is 3. The Hall–Kier alpha value is -3.07. The van der Waals surface area contributed by atoms with Crippen molar-refractivity contribution in [3.05, 3.63) is 96.3 Å². The smallest absolute Gasteiger partial charge is 0.148 e. The summed E-state index contributed by atoms with van der Waals surface area (Å²) in [4.78, 5) is 4.81. The van der Waals surface area contributed by atoms with Crippen molar-refractivity contribution in [2.24, 2.45) is 0 Å². The molecule has 0 fully saturated rings. The molecule has 1 aromatic heterocycles. The summed E-state index contributed by atoms with van der Waals surface area (Å²) < 4.78 is 8.24. The van der Waals surface area contributed by atoms with Crippen LogP contribution in [0.25, 0.3) is 11.0 Å². The standard InChI is InChI=1S/C22H20N2O/c1-17(18-10-4-2-5-11-18)24-21-15-9-8-14-20(21)23-22(24)16-25-19-12-6-3-7-13-19/h2-15,17H,16H2,1H3. The van der Waals surface area contributed by atoms with Crippen LogP contribution in [0.2, 0.25) is 0 Å². The molecule has 0 saturated carbocycles. The summed E-state index contributed by atoms with van der Waals surface area (Å²) in [6.45, 7) is 2.64. The van der Waals surface area contributed by atoms with E-state index in [1.165, 1.54) is 5.56 Å². The first-order chi connectivity index (χ1) is 12.3. The first kappa shape index (κ1) is 15.5. The third-order valence-electron chi connectivity index (χ3n) is 4.45. The van der Waals surface area contributed by atoms with Gasteiger partial charge in [0.2, 0.25) is 0 Å². The Kier molecular flexibility index (Phi) is 4.21. The number of hydrogen-bond acceptors (Lipinski definition) is 2. The van der Waals surface area contributed by atoms with E-state index in [0.717, 1.165) is 22.6 Å². The number of para-hydroxylation sites is 3. The van der Waals surface area contributed by atoms with Crippen LogP contribution in [0.1, 0.15) is 24.4 Å². The molecule has 0 aliphatic heterocycles. The summed E-state index contributed by atoms with van der Waals surface area (Å²) >= 11 is 0. The van der Waals surface area contributed by atoms with E-state index in [1.54, 1.807) is 0 Å². The van der Waals surface area contributed by atoms with E-state index in [0.29, 0.717) is 6.61 Å². The Morgan fingerprint density at radius 1 is 0.840 bits per heavy atom. The van der Waals surface area contributed by atoms with E-state index >= 15 is 0 Å². The van der Waals surface area contributed by atoms with E-state index in [2.05, 4.69) is 54.0 Å². The number of fused-ring (bicyclic) bond motifs is 1. The van der Waals surface area contributed by atoms with Crippen molar-refractivity contribution in [3.8, 4) is 5.75 Å². The maximum atomic E-state index is 5.96. The number of rotatable bonds is 5. The molecule has 124 valence electrons. The largest absolute Gasteiger partial charge is 0.486 e. The van der Waals surface area contributed by atoms with Gasteiger partial charge in [0.25, 0.3) is 0 Å². The Morgan fingerprint density at radius 2 is 1.48 bits per heavy atom. The minimum Gasteiger partial charge on any atom is -0.486 e. The van der Waals surface area contributed by atoms with Crippen LogP contribution in [0, 0.1) is 0 Å². The molecular weight excluding hydrogens is 308 g/mol. The van der Waals surface area contributed by atoms with Crippen molar-refractivity contribution in [2.75, 3.05) is 0 Å². The van der Waals surface area contributed by atoms with Gasteiger partial charge in [0.1, 0.15) is 18.2 Å². The Morgan fingerprint density at radius 3 is 2.24 bits per heavy atom. The molecule has 3 nitrogen and oxygen atoms in total. The predicted molar refractivity (Wildman–Crippen MR) is 101 cm³/mol. The van der Waals surface area contributed by atoms with Gasteiger partial charge in [0, 0.05) is 0 Å². The summed E-state index contributed by atoms with van der Waals surface area (Å²) in [5.41, 5.74) is 3.38. The van der Waals surface area contributed by atoms with Gasteiger partial charge in [-0.2, -0.15) is 0 Å². The van der Waals surface area contributed by atoms with Crippen LogP contribution in [0.15, 0.2) is 84.9 Å². The highest BCUT2D eigenvalue weighted by Gasteiger charge is 2.17. The molecule has 1 unspecified atom stereocenters. The molecule has 0 aliphatic rings. The molecule has 3 aromatic carbocycles.